The van der Waals surface area contributed by atoms with E-state index in [4.69, 9.17) is 8.53 Å². The third kappa shape index (κ3) is 6.89. The fourth-order valence-corrected chi connectivity index (χ4v) is 6.99. The fourth-order valence-electron chi connectivity index (χ4n) is 6.99. The predicted molar refractivity (Wildman–Crippen MR) is 217 cm³/mol. The molecule has 0 spiro atoms. The molecule has 0 bridgehead atoms. The number of hydrogen-bond donors (Lipinski definition) is 0. The Morgan fingerprint density at radius 1 is 0.764 bits per heavy atom. The van der Waals surface area contributed by atoms with Gasteiger partial charge in [0.2, 0.25) is 6.33 Å². The molecular weight excluding hydrogens is 855 g/mol. The molecule has 0 saturated heterocycles. The van der Waals surface area contributed by atoms with Crippen LogP contribution in [0.15, 0.2) is 126 Å². The Bertz CT molecular complexity index is 2910. The number of rotatable bonds is 3. The summed E-state index contributed by atoms with van der Waals surface area (Å²) in [5, 5.41) is 14.7. The van der Waals surface area contributed by atoms with E-state index < -0.39 is 6.98 Å². The van der Waals surface area contributed by atoms with Crippen LogP contribution in [0.2, 0.25) is 0 Å². The Kier molecular flexibility index (Phi) is 8.87. The normalized spacial score (nSPS) is 12.8. The number of fused-ring (bicyclic) bond motifs is 6. The Morgan fingerprint density at radius 3 is 2.04 bits per heavy atom. The second kappa shape index (κ2) is 14.5. The SMILES string of the molecule is CC(C)(C)c1ccc2c(c1)c1cc(C(C)(C)C)ccc1n2-c1c(C#N)ccc2c1oc1c(-c3ccccn3)[c-]ccc12.[2H]C([2H])([2H])[n+]1[c-]n(-c2[c-]cccc2)cc1.[Ir+3]. The van der Waals surface area contributed by atoms with Crippen molar-refractivity contribution in [3.8, 4) is 28.7 Å². The van der Waals surface area contributed by atoms with Crippen molar-refractivity contribution in [1.29, 1.82) is 5.26 Å². The third-order valence-corrected chi connectivity index (χ3v) is 9.87. The van der Waals surface area contributed by atoms with Gasteiger partial charge < -0.3 is 23.1 Å². The van der Waals surface area contributed by atoms with Crippen LogP contribution in [0.4, 0.5) is 0 Å². The van der Waals surface area contributed by atoms with E-state index in [2.05, 4.69) is 112 Å². The van der Waals surface area contributed by atoms with Crippen LogP contribution < -0.4 is 4.57 Å². The molecule has 55 heavy (non-hydrogen) atoms. The minimum absolute atomic E-state index is 0. The number of benzene rings is 5. The van der Waals surface area contributed by atoms with Gasteiger partial charge in [-0.1, -0.05) is 88.5 Å². The maximum atomic E-state index is 10.4. The van der Waals surface area contributed by atoms with Gasteiger partial charge in [-0.2, -0.15) is 35.6 Å². The third-order valence-electron chi connectivity index (χ3n) is 9.87. The van der Waals surface area contributed by atoms with Crippen molar-refractivity contribution in [2.24, 2.45) is 6.98 Å². The van der Waals surface area contributed by atoms with Crippen LogP contribution >= 0.6 is 0 Å². The van der Waals surface area contributed by atoms with Crippen LogP contribution in [0, 0.1) is 29.8 Å². The first-order valence-electron chi connectivity index (χ1n) is 19.4. The number of pyridine rings is 1. The van der Waals surface area contributed by atoms with Crippen LogP contribution in [-0.2, 0) is 37.9 Å². The number of aryl methyl sites for hydroxylation is 1. The number of nitrogens with zero attached hydrogens (tertiary/aromatic N) is 5. The summed E-state index contributed by atoms with van der Waals surface area (Å²) in [6.45, 7) is 11.3. The molecule has 0 aliphatic rings. The second-order valence-electron chi connectivity index (χ2n) is 15.5. The summed E-state index contributed by atoms with van der Waals surface area (Å²) in [5.41, 5.74) is 9.71. The smallest absolute Gasteiger partial charge is 0.498 e. The number of imidazole rings is 1. The number of nitriles is 1. The van der Waals surface area contributed by atoms with Gasteiger partial charge in [-0.05, 0) is 64.0 Å². The number of hydrogen-bond acceptors (Lipinski definition) is 3. The summed E-state index contributed by atoms with van der Waals surface area (Å²) in [5.74, 6) is 0. The fraction of sp³-hybridized carbons (Fsp3) is 0.188. The first-order chi connectivity index (χ1) is 27.1. The molecule has 0 radical (unpaired) electrons. The van der Waals surface area contributed by atoms with Crippen LogP contribution in [-0.4, -0.2) is 14.1 Å². The van der Waals surface area contributed by atoms with E-state index in [1.54, 1.807) is 23.0 Å². The molecule has 0 amide bonds. The second-order valence-corrected chi connectivity index (χ2v) is 15.5. The van der Waals surface area contributed by atoms with Crippen LogP contribution in [0.25, 0.3) is 66.4 Å². The molecule has 9 rings (SSSR count). The van der Waals surface area contributed by atoms with Gasteiger partial charge in [0, 0.05) is 34.7 Å². The Labute approximate surface area is 339 Å². The monoisotopic (exact) mass is 899 g/mol. The van der Waals surface area contributed by atoms with Crippen LogP contribution in [0.5, 0.6) is 0 Å². The maximum absolute atomic E-state index is 10.4. The molecule has 7 heteroatoms. The van der Waals surface area contributed by atoms with Gasteiger partial charge >= 0.3 is 20.1 Å². The number of para-hydroxylation sites is 1. The van der Waals surface area contributed by atoms with Gasteiger partial charge in [-0.3, -0.25) is 0 Å². The first kappa shape index (κ1) is 33.7. The van der Waals surface area contributed by atoms with E-state index in [1.807, 2.05) is 60.7 Å². The molecule has 0 aliphatic heterocycles. The van der Waals surface area contributed by atoms with Gasteiger partial charge in [-0.15, -0.1) is 18.2 Å². The molecule has 0 atom stereocenters. The van der Waals surface area contributed by atoms with Crippen molar-refractivity contribution in [2.75, 3.05) is 0 Å². The van der Waals surface area contributed by atoms with E-state index in [-0.39, 0.29) is 30.9 Å². The summed E-state index contributed by atoms with van der Waals surface area (Å²) in [6, 6.07) is 43.2. The Morgan fingerprint density at radius 2 is 1.45 bits per heavy atom. The molecule has 6 nitrogen and oxygen atoms in total. The zero-order chi connectivity index (χ0) is 40.3. The minimum Gasteiger partial charge on any atom is -0.498 e. The maximum Gasteiger partial charge on any atom is 3.00 e. The van der Waals surface area contributed by atoms with Gasteiger partial charge in [0.15, 0.2) is 0 Å². The standard InChI is InChI=1S/C38H32N3O.C10H9N2.Ir/c1-37(2,3)24-14-17-32-29(20-24)30-21-25(38(4,5)6)15-18-33(30)41(32)34-23(22-39)13-16-27-26-10-9-11-28(35(26)42-36(27)34)31-12-7-8-19-40-31;1-11-7-8-12(9-11)10-5-3-2-4-6-10;/h7-10,12-21H,1-6H3;2-5,7-8H,1H3;/q2*-1;+3/i;1D3;. The van der Waals surface area contributed by atoms with Crippen molar-refractivity contribution in [3.63, 3.8) is 0 Å². The van der Waals surface area contributed by atoms with Gasteiger partial charge in [0.25, 0.3) is 0 Å². The summed E-state index contributed by atoms with van der Waals surface area (Å²) in [4.78, 5) is 4.56. The van der Waals surface area contributed by atoms with Gasteiger partial charge in [0.05, 0.1) is 33.3 Å². The minimum atomic E-state index is -2.18. The average molecular weight is 899 g/mol. The van der Waals surface area contributed by atoms with Crippen molar-refractivity contribution in [2.45, 2.75) is 52.4 Å². The molecule has 272 valence electrons. The van der Waals surface area contributed by atoms with Crippen molar-refractivity contribution in [3.05, 3.63) is 157 Å². The molecule has 0 N–H and O–H groups in total. The van der Waals surface area contributed by atoms with Crippen LogP contribution in [0.1, 0.15) is 62.3 Å². The molecule has 4 heterocycles. The Hall–Kier alpha value is -5.80. The van der Waals surface area contributed by atoms with Gasteiger partial charge in [-0.25, -0.2) is 0 Å². The average Bonchev–Trinajstić information content (AvgIpc) is 3.92. The largest absolute Gasteiger partial charge is 3.00 e. The van der Waals surface area contributed by atoms with Gasteiger partial charge in [0.1, 0.15) is 17.3 Å². The summed E-state index contributed by atoms with van der Waals surface area (Å²) >= 11 is 0. The Balaban J connectivity index is 0.000000270. The van der Waals surface area contributed by atoms with Crippen molar-refractivity contribution in [1.82, 2.24) is 14.1 Å². The molecule has 9 aromatic rings. The molecule has 0 aliphatic carbocycles. The topological polar surface area (TPSA) is 63.6 Å². The van der Waals surface area contributed by atoms with E-state index in [0.29, 0.717) is 16.7 Å². The molecule has 4 aromatic heterocycles. The molecule has 0 unspecified atom stereocenters. The number of furan rings is 1. The van der Waals surface area contributed by atoms with E-state index in [0.717, 1.165) is 49.0 Å². The molecule has 0 saturated carbocycles. The summed E-state index contributed by atoms with van der Waals surface area (Å²) in [6.07, 6.45) is 7.59. The number of aromatic nitrogens is 4. The first-order valence-corrected chi connectivity index (χ1v) is 17.9. The predicted octanol–water partition coefficient (Wildman–Crippen LogP) is 10.9. The van der Waals surface area contributed by atoms with Crippen molar-refractivity contribution >= 4 is 43.7 Å². The van der Waals surface area contributed by atoms with E-state index in [9.17, 15) is 5.26 Å². The molecular formula is C48H41IrN5O+. The van der Waals surface area contributed by atoms with Crippen LogP contribution in [0.3, 0.4) is 0 Å². The zero-order valence-electron chi connectivity index (χ0n) is 34.5. The quantitative estimate of drug-likeness (QED) is 0.131. The summed E-state index contributed by atoms with van der Waals surface area (Å²) in [7, 11) is 0. The van der Waals surface area contributed by atoms with Crippen molar-refractivity contribution < 1.29 is 33.2 Å². The zero-order valence-corrected chi connectivity index (χ0v) is 33.9. The van der Waals surface area contributed by atoms with E-state index >= 15 is 0 Å². The van der Waals surface area contributed by atoms with E-state index in [1.165, 1.54) is 28.1 Å². The summed E-state index contributed by atoms with van der Waals surface area (Å²) < 4.78 is 33.2. The molecule has 0 fully saturated rings. The molecule has 5 aromatic carbocycles.